The molecule has 1 heterocycles. The van der Waals surface area contributed by atoms with E-state index in [9.17, 15) is 0 Å². The first-order chi connectivity index (χ1) is 13.4. The summed E-state index contributed by atoms with van der Waals surface area (Å²) in [6, 6.07) is 35.3. The smallest absolute Gasteiger partial charge is 0.0434 e. The van der Waals surface area contributed by atoms with Gasteiger partial charge in [0.2, 0.25) is 0 Å². The highest BCUT2D eigenvalue weighted by atomic mass is 32.1. The van der Waals surface area contributed by atoms with Gasteiger partial charge in [0.15, 0.2) is 0 Å². The van der Waals surface area contributed by atoms with Crippen molar-refractivity contribution in [3.8, 4) is 10.4 Å². The van der Waals surface area contributed by atoms with Crippen LogP contribution in [-0.4, -0.2) is 0 Å². The molecule has 6 rings (SSSR count). The second-order valence-electron chi connectivity index (χ2n) is 7.01. The highest BCUT2D eigenvalue weighted by Crippen LogP contribution is 2.42. The first-order valence-corrected chi connectivity index (χ1v) is 10.0. The molecule has 1 aromatic heterocycles. The molecule has 0 radical (unpaired) electrons. The summed E-state index contributed by atoms with van der Waals surface area (Å²) >= 11 is 1.90. The maximum Gasteiger partial charge on any atom is 0.0434 e. The summed E-state index contributed by atoms with van der Waals surface area (Å²) in [5, 5.41) is 9.31. The van der Waals surface area contributed by atoms with Gasteiger partial charge in [-0.15, -0.1) is 11.3 Å². The first kappa shape index (κ1) is 15.0. The lowest BCUT2D eigenvalue weighted by Crippen LogP contribution is -1.78. The molecule has 0 amide bonds. The van der Waals surface area contributed by atoms with Gasteiger partial charge in [0.05, 0.1) is 0 Å². The summed E-state index contributed by atoms with van der Waals surface area (Å²) in [7, 11) is 0. The van der Waals surface area contributed by atoms with Crippen molar-refractivity contribution in [2.75, 3.05) is 0 Å². The van der Waals surface area contributed by atoms with Crippen LogP contribution in [0.2, 0.25) is 0 Å². The van der Waals surface area contributed by atoms with Crippen LogP contribution in [0.15, 0.2) is 97.1 Å². The molecule has 1 heteroatoms. The molecule has 0 atom stereocenters. The van der Waals surface area contributed by atoms with Crippen molar-refractivity contribution < 1.29 is 0 Å². The fraction of sp³-hybridized carbons (Fsp3) is 0. The standard InChI is InChI=1S/C26H16S/c1-2-8-18-15-19(14-13-17(18)7-1)25-16-24-22-11-4-3-9-20(22)21-10-5-6-12-23(21)26(24)27-25/h1-16H. The second kappa shape index (κ2) is 5.67. The molecule has 0 N–H and O–H groups in total. The van der Waals surface area contributed by atoms with E-state index >= 15 is 0 Å². The molecule has 0 spiro atoms. The summed E-state index contributed by atoms with van der Waals surface area (Å²) < 4.78 is 1.38. The number of fused-ring (bicyclic) bond motifs is 7. The normalized spacial score (nSPS) is 11.7. The molecule has 0 aliphatic rings. The Hall–Kier alpha value is -3.16. The average Bonchev–Trinajstić information content (AvgIpc) is 3.20. The van der Waals surface area contributed by atoms with Crippen LogP contribution in [0.25, 0.3) is 52.8 Å². The number of hydrogen-bond acceptors (Lipinski definition) is 1. The van der Waals surface area contributed by atoms with Gasteiger partial charge in [-0.2, -0.15) is 0 Å². The van der Waals surface area contributed by atoms with Crippen LogP contribution in [0.3, 0.4) is 0 Å². The lowest BCUT2D eigenvalue weighted by molar-refractivity contribution is 1.74. The van der Waals surface area contributed by atoms with E-state index in [1.807, 2.05) is 11.3 Å². The summed E-state index contributed by atoms with van der Waals surface area (Å²) in [6.07, 6.45) is 0. The lowest BCUT2D eigenvalue weighted by atomic mass is 9.98. The second-order valence-corrected chi connectivity index (χ2v) is 8.06. The average molecular weight is 360 g/mol. The molecule has 0 saturated carbocycles. The third-order valence-electron chi connectivity index (χ3n) is 5.45. The molecule has 0 aliphatic carbocycles. The summed E-state index contributed by atoms with van der Waals surface area (Å²) in [4.78, 5) is 1.33. The maximum atomic E-state index is 2.37. The van der Waals surface area contributed by atoms with Crippen LogP contribution < -0.4 is 0 Å². The van der Waals surface area contributed by atoms with Crippen molar-refractivity contribution in [3.63, 3.8) is 0 Å². The Balaban J connectivity index is 1.72. The van der Waals surface area contributed by atoms with E-state index in [2.05, 4.69) is 97.1 Å². The molecule has 0 nitrogen and oxygen atoms in total. The third-order valence-corrected chi connectivity index (χ3v) is 6.66. The molecule has 0 aliphatic heterocycles. The van der Waals surface area contributed by atoms with Gasteiger partial charge >= 0.3 is 0 Å². The Morgan fingerprint density at radius 3 is 1.81 bits per heavy atom. The third kappa shape index (κ3) is 2.22. The molecule has 0 bridgehead atoms. The van der Waals surface area contributed by atoms with E-state index in [1.165, 1.54) is 52.8 Å². The molecule has 0 fully saturated rings. The molecule has 0 saturated heterocycles. The Morgan fingerprint density at radius 1 is 0.444 bits per heavy atom. The van der Waals surface area contributed by atoms with Gasteiger partial charge in [0, 0.05) is 20.3 Å². The van der Waals surface area contributed by atoms with Crippen molar-refractivity contribution in [3.05, 3.63) is 97.1 Å². The minimum atomic E-state index is 1.29. The van der Waals surface area contributed by atoms with Crippen molar-refractivity contribution in [1.82, 2.24) is 0 Å². The molecule has 126 valence electrons. The Bertz CT molecular complexity index is 1400. The molecule has 27 heavy (non-hydrogen) atoms. The Labute approximate surface area is 161 Å². The van der Waals surface area contributed by atoms with E-state index < -0.39 is 0 Å². The zero-order valence-electron chi connectivity index (χ0n) is 14.6. The van der Waals surface area contributed by atoms with Crippen LogP contribution in [-0.2, 0) is 0 Å². The summed E-state index contributed by atoms with van der Waals surface area (Å²) in [6.45, 7) is 0. The van der Waals surface area contributed by atoms with Crippen molar-refractivity contribution >= 4 is 53.7 Å². The van der Waals surface area contributed by atoms with Crippen molar-refractivity contribution in [1.29, 1.82) is 0 Å². The highest BCUT2D eigenvalue weighted by Gasteiger charge is 2.12. The topological polar surface area (TPSA) is 0 Å². The molecular weight excluding hydrogens is 344 g/mol. The van der Waals surface area contributed by atoms with Crippen LogP contribution in [0, 0.1) is 0 Å². The number of rotatable bonds is 1. The van der Waals surface area contributed by atoms with Crippen LogP contribution in [0.5, 0.6) is 0 Å². The molecule has 6 aromatic rings. The zero-order chi connectivity index (χ0) is 17.8. The van der Waals surface area contributed by atoms with Crippen LogP contribution >= 0.6 is 11.3 Å². The zero-order valence-corrected chi connectivity index (χ0v) is 15.5. The number of benzene rings is 5. The van der Waals surface area contributed by atoms with Crippen molar-refractivity contribution in [2.24, 2.45) is 0 Å². The van der Waals surface area contributed by atoms with E-state index in [-0.39, 0.29) is 0 Å². The SMILES string of the molecule is c1ccc2cc(-c3cc4c5ccccc5c5ccccc5c4s3)ccc2c1. The maximum absolute atomic E-state index is 2.37. The van der Waals surface area contributed by atoms with E-state index in [0.717, 1.165) is 0 Å². The predicted octanol–water partition coefficient (Wildman–Crippen LogP) is 8.03. The molecular formula is C26H16S. The van der Waals surface area contributed by atoms with Gasteiger partial charge in [-0.05, 0) is 44.6 Å². The van der Waals surface area contributed by atoms with Gasteiger partial charge in [0.25, 0.3) is 0 Å². The van der Waals surface area contributed by atoms with E-state index in [4.69, 9.17) is 0 Å². The minimum Gasteiger partial charge on any atom is -0.135 e. The van der Waals surface area contributed by atoms with Gasteiger partial charge in [0.1, 0.15) is 0 Å². The van der Waals surface area contributed by atoms with Crippen LogP contribution in [0.4, 0.5) is 0 Å². The van der Waals surface area contributed by atoms with Gasteiger partial charge in [-0.25, -0.2) is 0 Å². The van der Waals surface area contributed by atoms with E-state index in [0.29, 0.717) is 0 Å². The highest BCUT2D eigenvalue weighted by molar-refractivity contribution is 7.23. The first-order valence-electron chi connectivity index (χ1n) is 9.21. The summed E-state index contributed by atoms with van der Waals surface area (Å²) in [5.41, 5.74) is 1.29. The van der Waals surface area contributed by atoms with Crippen molar-refractivity contribution in [2.45, 2.75) is 0 Å². The molecule has 0 unspecified atom stereocenters. The van der Waals surface area contributed by atoms with Gasteiger partial charge < -0.3 is 0 Å². The van der Waals surface area contributed by atoms with Gasteiger partial charge in [-0.3, -0.25) is 0 Å². The number of hydrogen-bond donors (Lipinski definition) is 0. The Kier molecular flexibility index (Phi) is 3.14. The minimum absolute atomic E-state index is 1.29. The molecule has 5 aromatic carbocycles. The largest absolute Gasteiger partial charge is 0.135 e. The fourth-order valence-corrected chi connectivity index (χ4v) is 5.35. The van der Waals surface area contributed by atoms with E-state index in [1.54, 1.807) is 0 Å². The number of thiophene rings is 1. The summed E-state index contributed by atoms with van der Waals surface area (Å²) in [5.74, 6) is 0. The quantitative estimate of drug-likeness (QED) is 0.260. The Morgan fingerprint density at radius 2 is 1.04 bits per heavy atom. The van der Waals surface area contributed by atoms with Crippen LogP contribution in [0.1, 0.15) is 0 Å². The van der Waals surface area contributed by atoms with Gasteiger partial charge in [-0.1, -0.05) is 84.9 Å². The predicted molar refractivity (Wildman–Crippen MR) is 120 cm³/mol. The fourth-order valence-electron chi connectivity index (χ4n) is 4.14. The monoisotopic (exact) mass is 360 g/mol. The lowest BCUT2D eigenvalue weighted by Gasteiger charge is -2.06.